The van der Waals surface area contributed by atoms with Gasteiger partial charge in [0.25, 0.3) is 5.56 Å². The Balaban J connectivity index is 2.26. The third-order valence-corrected chi connectivity index (χ3v) is 4.65. The van der Waals surface area contributed by atoms with Gasteiger partial charge in [-0.2, -0.15) is 0 Å². The van der Waals surface area contributed by atoms with E-state index in [4.69, 9.17) is 4.74 Å². The maximum absolute atomic E-state index is 14.0. The summed E-state index contributed by atoms with van der Waals surface area (Å²) in [7, 11) is 0. The molecule has 1 aromatic heterocycles. The maximum atomic E-state index is 14.0. The number of rotatable bonds is 4. The fraction of sp³-hybridized carbons (Fsp3) is 0.348. The summed E-state index contributed by atoms with van der Waals surface area (Å²) in [5.41, 5.74) is -0.105. The molecule has 1 amide bonds. The summed E-state index contributed by atoms with van der Waals surface area (Å²) in [6, 6.07) is 7.31. The first-order valence-corrected chi connectivity index (χ1v) is 9.98. The molecular weight excluding hydrogens is 404 g/mol. The zero-order valence-electron chi connectivity index (χ0n) is 18.1. The summed E-state index contributed by atoms with van der Waals surface area (Å²) < 4.78 is 34.4. The lowest BCUT2D eigenvalue weighted by Crippen LogP contribution is -2.37. The predicted molar refractivity (Wildman–Crippen MR) is 114 cm³/mol. The highest BCUT2D eigenvalue weighted by molar-refractivity contribution is 5.81. The third-order valence-electron chi connectivity index (χ3n) is 4.65. The molecule has 0 bridgehead atoms. The van der Waals surface area contributed by atoms with E-state index in [2.05, 4.69) is 10.3 Å². The number of fused-ring (bicyclic) bond motifs is 1. The van der Waals surface area contributed by atoms with E-state index in [9.17, 15) is 18.4 Å². The Kier molecular flexibility index (Phi) is 6.10. The van der Waals surface area contributed by atoms with Crippen molar-refractivity contribution in [2.24, 2.45) is 0 Å². The summed E-state index contributed by atoms with van der Waals surface area (Å²) in [5, 5.41) is 3.05. The van der Waals surface area contributed by atoms with Gasteiger partial charge in [-0.25, -0.2) is 18.6 Å². The van der Waals surface area contributed by atoms with Crippen molar-refractivity contribution in [1.29, 1.82) is 0 Å². The topological polar surface area (TPSA) is 73.2 Å². The van der Waals surface area contributed by atoms with Gasteiger partial charge < -0.3 is 10.1 Å². The molecule has 2 aromatic carbocycles. The number of halogens is 2. The number of ether oxygens (including phenoxy) is 1. The highest BCUT2D eigenvalue weighted by Crippen LogP contribution is 2.23. The number of benzene rings is 2. The van der Waals surface area contributed by atoms with Crippen molar-refractivity contribution in [2.75, 3.05) is 0 Å². The second-order valence-electron chi connectivity index (χ2n) is 8.31. The van der Waals surface area contributed by atoms with Crippen LogP contribution in [0, 0.1) is 18.6 Å². The molecule has 0 unspecified atom stereocenters. The third kappa shape index (κ3) is 4.90. The molecule has 0 aliphatic heterocycles. The van der Waals surface area contributed by atoms with Gasteiger partial charge in [0.15, 0.2) is 0 Å². The number of aryl methyl sites for hydroxylation is 1. The van der Waals surface area contributed by atoms with Gasteiger partial charge in [-0.15, -0.1) is 0 Å². The van der Waals surface area contributed by atoms with E-state index < -0.39 is 34.9 Å². The molecule has 0 fully saturated rings. The average Bonchev–Trinajstić information content (AvgIpc) is 2.63. The number of aromatic nitrogens is 2. The maximum Gasteiger partial charge on any atom is 0.408 e. The lowest BCUT2D eigenvalue weighted by Gasteiger charge is -2.25. The Labute approximate surface area is 178 Å². The van der Waals surface area contributed by atoms with Crippen molar-refractivity contribution < 1.29 is 18.3 Å². The first-order valence-electron chi connectivity index (χ1n) is 9.98. The first-order chi connectivity index (χ1) is 14.5. The first kappa shape index (κ1) is 22.4. The van der Waals surface area contributed by atoms with Gasteiger partial charge in [0.1, 0.15) is 23.1 Å². The highest BCUT2D eigenvalue weighted by atomic mass is 19.1. The van der Waals surface area contributed by atoms with Gasteiger partial charge in [0.05, 0.1) is 22.6 Å². The molecule has 1 N–H and O–H groups in total. The molecule has 1 atom stereocenters. The van der Waals surface area contributed by atoms with Crippen molar-refractivity contribution in [1.82, 2.24) is 14.9 Å². The normalized spacial score (nSPS) is 12.6. The van der Waals surface area contributed by atoms with Gasteiger partial charge in [-0.05, 0) is 57.9 Å². The summed E-state index contributed by atoms with van der Waals surface area (Å²) in [6.07, 6.45) is -0.323. The van der Waals surface area contributed by atoms with Crippen LogP contribution in [0.4, 0.5) is 13.6 Å². The van der Waals surface area contributed by atoms with Crippen LogP contribution in [0.15, 0.2) is 41.2 Å². The molecule has 0 spiro atoms. The number of carbonyl (C=O) groups is 1. The minimum absolute atomic E-state index is 0.0143. The number of alkyl carbamates (subject to hydrolysis) is 1. The van der Waals surface area contributed by atoms with Gasteiger partial charge in [-0.1, -0.05) is 19.1 Å². The van der Waals surface area contributed by atoms with E-state index in [-0.39, 0.29) is 11.5 Å². The lowest BCUT2D eigenvalue weighted by atomic mass is 10.1. The quantitative estimate of drug-likeness (QED) is 0.637. The van der Waals surface area contributed by atoms with E-state index in [1.807, 2.05) is 0 Å². The minimum Gasteiger partial charge on any atom is -0.444 e. The Morgan fingerprint density at radius 1 is 1.19 bits per heavy atom. The van der Waals surface area contributed by atoms with Crippen LogP contribution < -0.4 is 10.9 Å². The van der Waals surface area contributed by atoms with Crippen molar-refractivity contribution in [2.45, 2.75) is 52.7 Å². The molecular formula is C23H25F2N3O3. The number of hydrogen-bond donors (Lipinski definition) is 1. The van der Waals surface area contributed by atoms with E-state index in [1.54, 1.807) is 52.8 Å². The van der Waals surface area contributed by atoms with Crippen LogP contribution in [-0.4, -0.2) is 21.2 Å². The fourth-order valence-corrected chi connectivity index (χ4v) is 3.36. The summed E-state index contributed by atoms with van der Waals surface area (Å²) in [5.74, 6) is -1.50. The Bertz CT molecular complexity index is 1180. The highest BCUT2D eigenvalue weighted by Gasteiger charge is 2.25. The monoisotopic (exact) mass is 429 g/mol. The number of nitrogens with zero attached hydrogens (tertiary/aromatic N) is 2. The molecule has 0 aliphatic carbocycles. The largest absolute Gasteiger partial charge is 0.444 e. The number of carbonyl (C=O) groups excluding carboxylic acids is 1. The molecule has 0 saturated carbocycles. The van der Waals surface area contributed by atoms with E-state index >= 15 is 0 Å². The van der Waals surface area contributed by atoms with Gasteiger partial charge in [0.2, 0.25) is 0 Å². The molecule has 0 aliphatic rings. The molecule has 164 valence electrons. The van der Waals surface area contributed by atoms with Crippen LogP contribution >= 0.6 is 0 Å². The van der Waals surface area contributed by atoms with E-state index in [0.717, 1.165) is 22.8 Å². The van der Waals surface area contributed by atoms with Crippen LogP contribution in [0.5, 0.6) is 0 Å². The minimum atomic E-state index is -0.828. The standard InChI is InChI=1S/C23H25F2N3O3/c1-6-17(27-22(30)31-23(3,4)5)20-26-18-9-7-8-13(2)19(18)21(29)28(20)16-11-14(24)10-15(25)12-16/h7-12,17H,6H2,1-5H3,(H,27,30)/t17-/m0/s1. The van der Waals surface area contributed by atoms with Gasteiger partial charge in [-0.3, -0.25) is 9.36 Å². The van der Waals surface area contributed by atoms with Crippen LogP contribution in [-0.2, 0) is 4.74 Å². The van der Waals surface area contributed by atoms with E-state index in [1.165, 1.54) is 0 Å². The number of nitrogens with one attached hydrogen (secondary N) is 1. The second-order valence-corrected chi connectivity index (χ2v) is 8.31. The fourth-order valence-electron chi connectivity index (χ4n) is 3.36. The molecule has 31 heavy (non-hydrogen) atoms. The van der Waals surface area contributed by atoms with Crippen LogP contribution in [0.2, 0.25) is 0 Å². The van der Waals surface area contributed by atoms with E-state index in [0.29, 0.717) is 22.9 Å². The lowest BCUT2D eigenvalue weighted by molar-refractivity contribution is 0.0499. The summed E-state index contributed by atoms with van der Waals surface area (Å²) in [4.78, 5) is 30.5. The van der Waals surface area contributed by atoms with Crippen molar-refractivity contribution in [3.63, 3.8) is 0 Å². The van der Waals surface area contributed by atoms with Crippen molar-refractivity contribution >= 4 is 17.0 Å². The molecule has 3 aromatic rings. The van der Waals surface area contributed by atoms with Gasteiger partial charge >= 0.3 is 6.09 Å². The van der Waals surface area contributed by atoms with Crippen molar-refractivity contribution in [3.05, 3.63) is 69.8 Å². The van der Waals surface area contributed by atoms with Crippen LogP contribution in [0.1, 0.15) is 51.5 Å². The summed E-state index contributed by atoms with van der Waals surface area (Å²) >= 11 is 0. The Morgan fingerprint density at radius 2 is 1.84 bits per heavy atom. The van der Waals surface area contributed by atoms with Crippen LogP contribution in [0.25, 0.3) is 16.6 Å². The average molecular weight is 429 g/mol. The number of hydrogen-bond acceptors (Lipinski definition) is 4. The number of amides is 1. The molecule has 6 nitrogen and oxygen atoms in total. The molecule has 0 radical (unpaired) electrons. The Morgan fingerprint density at radius 3 is 2.42 bits per heavy atom. The molecule has 0 saturated heterocycles. The zero-order chi connectivity index (χ0) is 22.9. The van der Waals surface area contributed by atoms with Gasteiger partial charge in [0, 0.05) is 6.07 Å². The SMILES string of the molecule is CC[C@H](NC(=O)OC(C)(C)C)c1nc2cccc(C)c2c(=O)n1-c1cc(F)cc(F)c1. The second kappa shape index (κ2) is 8.45. The van der Waals surface area contributed by atoms with Crippen LogP contribution in [0.3, 0.4) is 0 Å². The smallest absolute Gasteiger partial charge is 0.408 e. The molecule has 1 heterocycles. The molecule has 8 heteroatoms. The Hall–Kier alpha value is -3.29. The van der Waals surface area contributed by atoms with Crippen molar-refractivity contribution in [3.8, 4) is 5.69 Å². The molecule has 3 rings (SSSR count). The predicted octanol–water partition coefficient (Wildman–Crippen LogP) is 4.95. The summed E-state index contributed by atoms with van der Waals surface area (Å²) in [6.45, 7) is 8.76. The zero-order valence-corrected chi connectivity index (χ0v) is 18.1.